The zero-order chi connectivity index (χ0) is 22.4. The third kappa shape index (κ3) is 4.94. The van der Waals surface area contributed by atoms with Gasteiger partial charge in [0.15, 0.2) is 0 Å². The van der Waals surface area contributed by atoms with E-state index >= 15 is 0 Å². The third-order valence-electron chi connectivity index (χ3n) is 4.40. The van der Waals surface area contributed by atoms with Crippen molar-refractivity contribution < 1.29 is 17.9 Å². The van der Waals surface area contributed by atoms with Crippen molar-refractivity contribution in [1.82, 2.24) is 9.97 Å². The minimum Gasteiger partial charge on any atom is -0.490 e. The van der Waals surface area contributed by atoms with Crippen molar-refractivity contribution in [2.45, 2.75) is 4.90 Å². The fraction of sp³-hybridized carbons (Fsp3) is 0.0870. The Morgan fingerprint density at radius 2 is 1.44 bits per heavy atom. The molecule has 0 spiro atoms. The van der Waals surface area contributed by atoms with Gasteiger partial charge in [0.1, 0.15) is 19.0 Å². The molecule has 0 radical (unpaired) electrons. The van der Waals surface area contributed by atoms with E-state index in [4.69, 9.17) is 14.7 Å². The highest BCUT2D eigenvalue weighted by molar-refractivity contribution is 7.92. The Labute approximate surface area is 185 Å². The maximum Gasteiger partial charge on any atom is 0.263 e. The number of nitrogens with one attached hydrogen (secondary N) is 1. The van der Waals surface area contributed by atoms with Crippen LogP contribution in [0.3, 0.4) is 0 Å². The minimum atomic E-state index is -3.98. The summed E-state index contributed by atoms with van der Waals surface area (Å²) < 4.78 is 39.5. The molecule has 1 heterocycles. The van der Waals surface area contributed by atoms with E-state index in [1.807, 2.05) is 36.4 Å². The van der Waals surface area contributed by atoms with Gasteiger partial charge in [0.25, 0.3) is 15.9 Å². The molecule has 0 fully saturated rings. The van der Waals surface area contributed by atoms with Gasteiger partial charge in [-0.05, 0) is 48.5 Å². The third-order valence-corrected chi connectivity index (χ3v) is 5.75. The number of rotatable bonds is 8. The fourth-order valence-corrected chi connectivity index (χ4v) is 3.86. The highest BCUT2D eigenvalue weighted by Gasteiger charge is 2.20. The molecule has 0 bridgehead atoms. The van der Waals surface area contributed by atoms with E-state index in [1.165, 1.54) is 24.3 Å². The summed E-state index contributed by atoms with van der Waals surface area (Å²) in [6, 6.07) is 23.9. The summed E-state index contributed by atoms with van der Waals surface area (Å²) in [5.74, 6) is 0.702. The van der Waals surface area contributed by atoms with E-state index in [2.05, 4.69) is 14.7 Å². The first-order chi connectivity index (χ1) is 15.5. The SMILES string of the molecule is N#Cc1ccc(S(=O)(=O)Nc2nc3ccccc3nc2OCCOc2ccccc2)cc1. The lowest BCUT2D eigenvalue weighted by Gasteiger charge is -2.13. The molecular formula is C23H18N4O4S. The molecule has 32 heavy (non-hydrogen) atoms. The van der Waals surface area contributed by atoms with Gasteiger partial charge >= 0.3 is 0 Å². The maximum absolute atomic E-state index is 12.9. The Bertz CT molecular complexity index is 1370. The molecule has 8 nitrogen and oxygen atoms in total. The van der Waals surface area contributed by atoms with Crippen LogP contribution in [0.25, 0.3) is 11.0 Å². The molecule has 9 heteroatoms. The number of hydrogen-bond acceptors (Lipinski definition) is 7. The van der Waals surface area contributed by atoms with Crippen LogP contribution in [0, 0.1) is 11.3 Å². The van der Waals surface area contributed by atoms with Crippen LogP contribution in [0.15, 0.2) is 83.8 Å². The molecular weight excluding hydrogens is 428 g/mol. The smallest absolute Gasteiger partial charge is 0.263 e. The summed E-state index contributed by atoms with van der Waals surface area (Å²) in [5, 5.41) is 8.92. The van der Waals surface area contributed by atoms with Crippen molar-refractivity contribution in [1.29, 1.82) is 5.26 Å². The maximum atomic E-state index is 12.9. The highest BCUT2D eigenvalue weighted by atomic mass is 32.2. The average molecular weight is 446 g/mol. The number of ether oxygens (including phenoxy) is 2. The number of nitriles is 1. The first kappa shape index (κ1) is 21.1. The topological polar surface area (TPSA) is 114 Å². The van der Waals surface area contributed by atoms with Crippen LogP contribution >= 0.6 is 0 Å². The standard InChI is InChI=1S/C23H18N4O4S/c24-16-17-10-12-19(13-11-17)32(28,29)27-22-23(26-21-9-5-4-8-20(21)25-22)31-15-14-30-18-6-2-1-3-7-18/h1-13H,14-15H2,(H,25,27). The summed E-state index contributed by atoms with van der Waals surface area (Å²) in [5.41, 5.74) is 1.43. The van der Waals surface area contributed by atoms with Gasteiger partial charge in [-0.1, -0.05) is 30.3 Å². The van der Waals surface area contributed by atoms with Crippen LogP contribution in [0.2, 0.25) is 0 Å². The Hall–Kier alpha value is -4.16. The summed E-state index contributed by atoms with van der Waals surface area (Å²) in [7, 11) is -3.98. The molecule has 0 saturated carbocycles. The fourth-order valence-electron chi connectivity index (χ4n) is 2.86. The molecule has 1 N–H and O–H groups in total. The summed E-state index contributed by atoms with van der Waals surface area (Å²) in [4.78, 5) is 8.79. The van der Waals surface area contributed by atoms with Crippen LogP contribution in [0.1, 0.15) is 5.56 Å². The van der Waals surface area contributed by atoms with E-state index < -0.39 is 10.0 Å². The molecule has 1 aromatic heterocycles. The predicted octanol–water partition coefficient (Wildman–Crippen LogP) is 3.76. The number of benzene rings is 3. The van der Waals surface area contributed by atoms with E-state index in [0.29, 0.717) is 22.3 Å². The molecule has 0 saturated heterocycles. The van der Waals surface area contributed by atoms with Crippen LogP contribution in [-0.2, 0) is 10.0 Å². The molecule has 4 aromatic rings. The van der Waals surface area contributed by atoms with E-state index in [1.54, 1.807) is 24.3 Å². The van der Waals surface area contributed by atoms with Gasteiger partial charge in [0.05, 0.1) is 27.6 Å². The second-order valence-corrected chi connectivity index (χ2v) is 8.30. The van der Waals surface area contributed by atoms with Crippen molar-refractivity contribution in [3.05, 3.63) is 84.4 Å². The van der Waals surface area contributed by atoms with Crippen molar-refractivity contribution in [2.75, 3.05) is 17.9 Å². The van der Waals surface area contributed by atoms with Gasteiger partial charge in [0.2, 0.25) is 5.82 Å². The normalized spacial score (nSPS) is 11.0. The van der Waals surface area contributed by atoms with Crippen molar-refractivity contribution in [2.24, 2.45) is 0 Å². The molecule has 0 aliphatic carbocycles. The Morgan fingerprint density at radius 3 is 2.12 bits per heavy atom. The number of anilines is 1. The second-order valence-electron chi connectivity index (χ2n) is 6.62. The average Bonchev–Trinajstić information content (AvgIpc) is 2.82. The van der Waals surface area contributed by atoms with Crippen LogP contribution < -0.4 is 14.2 Å². The monoisotopic (exact) mass is 446 g/mol. The first-order valence-electron chi connectivity index (χ1n) is 9.65. The quantitative estimate of drug-likeness (QED) is 0.410. The first-order valence-corrected chi connectivity index (χ1v) is 11.1. The zero-order valence-electron chi connectivity index (χ0n) is 16.8. The van der Waals surface area contributed by atoms with Gasteiger partial charge in [-0.15, -0.1) is 0 Å². The Balaban J connectivity index is 1.56. The second kappa shape index (κ2) is 9.32. The number of hydrogen-bond donors (Lipinski definition) is 1. The molecule has 0 atom stereocenters. The number of sulfonamides is 1. The van der Waals surface area contributed by atoms with E-state index in [0.717, 1.165) is 0 Å². The van der Waals surface area contributed by atoms with Gasteiger partial charge in [-0.3, -0.25) is 4.72 Å². The van der Waals surface area contributed by atoms with Crippen LogP contribution in [0.5, 0.6) is 11.6 Å². The highest BCUT2D eigenvalue weighted by Crippen LogP contribution is 2.26. The zero-order valence-corrected chi connectivity index (χ0v) is 17.6. The molecule has 4 rings (SSSR count). The Morgan fingerprint density at radius 1 is 0.812 bits per heavy atom. The molecule has 0 aliphatic rings. The lowest BCUT2D eigenvalue weighted by Crippen LogP contribution is -2.17. The lowest BCUT2D eigenvalue weighted by molar-refractivity contribution is 0.213. The molecule has 0 unspecified atom stereocenters. The van der Waals surface area contributed by atoms with Crippen molar-refractivity contribution >= 4 is 26.9 Å². The van der Waals surface area contributed by atoms with Crippen molar-refractivity contribution in [3.63, 3.8) is 0 Å². The largest absolute Gasteiger partial charge is 0.490 e. The van der Waals surface area contributed by atoms with Crippen molar-refractivity contribution in [3.8, 4) is 17.7 Å². The summed E-state index contributed by atoms with van der Waals surface area (Å²) in [6.07, 6.45) is 0. The lowest BCUT2D eigenvalue weighted by atomic mass is 10.2. The van der Waals surface area contributed by atoms with Gasteiger partial charge in [-0.25, -0.2) is 18.4 Å². The summed E-state index contributed by atoms with van der Waals surface area (Å²) >= 11 is 0. The van der Waals surface area contributed by atoms with E-state index in [-0.39, 0.29) is 29.8 Å². The molecule has 160 valence electrons. The number of nitrogens with zero attached hydrogens (tertiary/aromatic N) is 3. The van der Waals surface area contributed by atoms with E-state index in [9.17, 15) is 8.42 Å². The summed E-state index contributed by atoms with van der Waals surface area (Å²) in [6.45, 7) is 0.369. The van der Waals surface area contributed by atoms with Gasteiger partial charge in [0, 0.05) is 0 Å². The van der Waals surface area contributed by atoms with Gasteiger partial charge in [-0.2, -0.15) is 5.26 Å². The number of para-hydroxylation sites is 3. The number of fused-ring (bicyclic) bond motifs is 1. The molecule has 0 aliphatic heterocycles. The molecule has 0 amide bonds. The van der Waals surface area contributed by atoms with Crippen LogP contribution in [0.4, 0.5) is 5.82 Å². The predicted molar refractivity (Wildman–Crippen MR) is 119 cm³/mol. The number of aromatic nitrogens is 2. The molecule has 3 aromatic carbocycles. The Kier molecular flexibility index (Phi) is 6.14. The van der Waals surface area contributed by atoms with Gasteiger partial charge < -0.3 is 9.47 Å². The van der Waals surface area contributed by atoms with Crippen LogP contribution in [-0.4, -0.2) is 31.6 Å². The minimum absolute atomic E-state index is 0.00943.